The molecule has 0 aliphatic rings. The smallest absolute Gasteiger partial charge is 0.387 e. The van der Waals surface area contributed by atoms with E-state index in [0.29, 0.717) is 6.61 Å². The van der Waals surface area contributed by atoms with Gasteiger partial charge in [-0.25, -0.2) is 5.10 Å². The Morgan fingerprint density at radius 3 is 2.71 bits per heavy atom. The van der Waals surface area contributed by atoms with Crippen molar-refractivity contribution in [1.82, 2.24) is 15.2 Å². The van der Waals surface area contributed by atoms with E-state index in [2.05, 4.69) is 25.2 Å². The van der Waals surface area contributed by atoms with Gasteiger partial charge in [0, 0.05) is 5.56 Å². The monoisotopic (exact) mass is 298 g/mol. The maximum absolute atomic E-state index is 12.0. The van der Waals surface area contributed by atoms with Crippen LogP contribution >= 0.6 is 0 Å². The van der Waals surface area contributed by atoms with Crippen molar-refractivity contribution in [2.75, 3.05) is 11.9 Å². The van der Waals surface area contributed by atoms with Crippen LogP contribution in [0.4, 0.5) is 14.7 Å². The van der Waals surface area contributed by atoms with Gasteiger partial charge in [0.1, 0.15) is 5.75 Å². The van der Waals surface area contributed by atoms with Gasteiger partial charge < -0.3 is 9.47 Å². The Labute approximate surface area is 118 Å². The predicted octanol–water partition coefficient (Wildman–Crippen LogP) is 2.06. The SMILES string of the molecule is CCOc1n[nH]c(NC(=O)c2ccc(OC(F)F)cc2)n1. The number of alkyl halides is 2. The van der Waals surface area contributed by atoms with E-state index in [9.17, 15) is 13.6 Å². The Balaban J connectivity index is 1.99. The first kappa shape index (κ1) is 14.7. The van der Waals surface area contributed by atoms with Gasteiger partial charge in [-0.15, -0.1) is 5.10 Å². The topological polar surface area (TPSA) is 89.1 Å². The Hall–Kier alpha value is -2.71. The molecular weight excluding hydrogens is 286 g/mol. The van der Waals surface area contributed by atoms with Crippen LogP contribution in [0.3, 0.4) is 0 Å². The van der Waals surface area contributed by atoms with Crippen molar-refractivity contribution in [2.24, 2.45) is 0 Å². The van der Waals surface area contributed by atoms with Crippen LogP contribution in [-0.4, -0.2) is 34.3 Å². The number of ether oxygens (including phenoxy) is 2. The minimum Gasteiger partial charge on any atom is -0.463 e. The molecule has 1 aromatic heterocycles. The fourth-order valence-corrected chi connectivity index (χ4v) is 1.46. The number of nitrogens with one attached hydrogen (secondary N) is 2. The van der Waals surface area contributed by atoms with Crippen LogP contribution in [0.5, 0.6) is 11.8 Å². The highest BCUT2D eigenvalue weighted by Gasteiger charge is 2.11. The number of anilines is 1. The second-order valence-electron chi connectivity index (χ2n) is 3.76. The van der Waals surface area contributed by atoms with Crippen LogP contribution in [0, 0.1) is 0 Å². The van der Waals surface area contributed by atoms with E-state index in [0.717, 1.165) is 0 Å². The Kier molecular flexibility index (Phi) is 4.64. The van der Waals surface area contributed by atoms with Gasteiger partial charge in [0.25, 0.3) is 5.91 Å². The lowest BCUT2D eigenvalue weighted by Gasteiger charge is -2.05. The third kappa shape index (κ3) is 4.13. The van der Waals surface area contributed by atoms with E-state index >= 15 is 0 Å². The molecule has 0 unspecified atom stereocenters. The zero-order valence-corrected chi connectivity index (χ0v) is 11.0. The molecule has 0 aliphatic heterocycles. The first-order valence-corrected chi connectivity index (χ1v) is 6.00. The molecule has 1 amide bonds. The number of benzene rings is 1. The highest BCUT2D eigenvalue weighted by molar-refractivity contribution is 6.03. The number of amides is 1. The molecule has 0 fully saturated rings. The average molecular weight is 298 g/mol. The van der Waals surface area contributed by atoms with E-state index in [1.165, 1.54) is 24.3 Å². The summed E-state index contributed by atoms with van der Waals surface area (Å²) in [6.07, 6.45) is 0. The van der Waals surface area contributed by atoms with Gasteiger partial charge in [-0.05, 0) is 31.2 Å². The van der Waals surface area contributed by atoms with Crippen LogP contribution in [-0.2, 0) is 0 Å². The molecule has 2 N–H and O–H groups in total. The summed E-state index contributed by atoms with van der Waals surface area (Å²) in [4.78, 5) is 15.8. The quantitative estimate of drug-likeness (QED) is 0.852. The second-order valence-corrected chi connectivity index (χ2v) is 3.76. The summed E-state index contributed by atoms with van der Waals surface area (Å²) < 4.78 is 33.2. The molecule has 2 aromatic rings. The molecule has 0 saturated carbocycles. The molecule has 0 atom stereocenters. The summed E-state index contributed by atoms with van der Waals surface area (Å²) >= 11 is 0. The highest BCUT2D eigenvalue weighted by atomic mass is 19.3. The molecular formula is C12H12F2N4O3. The number of carbonyl (C=O) groups is 1. The second kappa shape index (κ2) is 6.64. The van der Waals surface area contributed by atoms with Crippen LogP contribution in [0.1, 0.15) is 17.3 Å². The average Bonchev–Trinajstić information content (AvgIpc) is 2.86. The fraction of sp³-hybridized carbons (Fsp3) is 0.250. The normalized spacial score (nSPS) is 10.5. The summed E-state index contributed by atoms with van der Waals surface area (Å²) in [6.45, 7) is -0.732. The number of hydrogen-bond acceptors (Lipinski definition) is 5. The van der Waals surface area contributed by atoms with Crippen molar-refractivity contribution < 1.29 is 23.0 Å². The maximum Gasteiger partial charge on any atom is 0.387 e. The zero-order valence-electron chi connectivity index (χ0n) is 11.0. The lowest BCUT2D eigenvalue weighted by molar-refractivity contribution is -0.0498. The van der Waals surface area contributed by atoms with E-state index in [1.54, 1.807) is 6.92 Å². The first-order chi connectivity index (χ1) is 10.1. The van der Waals surface area contributed by atoms with Crippen molar-refractivity contribution in [2.45, 2.75) is 13.5 Å². The number of rotatable bonds is 6. The molecule has 0 saturated heterocycles. The number of H-pyrrole nitrogens is 1. The molecule has 21 heavy (non-hydrogen) atoms. The lowest BCUT2D eigenvalue weighted by atomic mass is 10.2. The van der Waals surface area contributed by atoms with Crippen molar-refractivity contribution >= 4 is 11.9 Å². The minimum atomic E-state index is -2.91. The van der Waals surface area contributed by atoms with Crippen LogP contribution < -0.4 is 14.8 Å². The number of aromatic nitrogens is 3. The van der Waals surface area contributed by atoms with Gasteiger partial charge in [-0.3, -0.25) is 10.1 Å². The lowest BCUT2D eigenvalue weighted by Crippen LogP contribution is -2.13. The minimum absolute atomic E-state index is 0.0279. The highest BCUT2D eigenvalue weighted by Crippen LogP contribution is 2.15. The fourth-order valence-electron chi connectivity index (χ4n) is 1.46. The molecule has 9 heteroatoms. The van der Waals surface area contributed by atoms with Gasteiger partial charge >= 0.3 is 12.6 Å². The molecule has 0 aliphatic carbocycles. The molecule has 1 aromatic carbocycles. The van der Waals surface area contributed by atoms with Crippen LogP contribution in [0.15, 0.2) is 24.3 Å². The van der Waals surface area contributed by atoms with Gasteiger partial charge in [0.2, 0.25) is 5.95 Å². The van der Waals surface area contributed by atoms with Crippen molar-refractivity contribution in [3.8, 4) is 11.8 Å². The molecule has 112 valence electrons. The van der Waals surface area contributed by atoms with Gasteiger partial charge in [-0.2, -0.15) is 13.8 Å². The number of carbonyl (C=O) groups excluding carboxylic acids is 1. The van der Waals surface area contributed by atoms with E-state index < -0.39 is 12.5 Å². The zero-order chi connectivity index (χ0) is 15.2. The largest absolute Gasteiger partial charge is 0.463 e. The van der Waals surface area contributed by atoms with Crippen LogP contribution in [0.2, 0.25) is 0 Å². The van der Waals surface area contributed by atoms with Gasteiger partial charge in [0.05, 0.1) is 6.61 Å². The number of hydrogen-bond donors (Lipinski definition) is 2. The summed E-state index contributed by atoms with van der Waals surface area (Å²) in [5.74, 6) is -0.381. The van der Waals surface area contributed by atoms with Crippen molar-refractivity contribution in [1.29, 1.82) is 0 Å². The van der Waals surface area contributed by atoms with E-state index in [-0.39, 0.29) is 23.3 Å². The number of aromatic amines is 1. The predicted molar refractivity (Wildman–Crippen MR) is 68.6 cm³/mol. The summed E-state index contributed by atoms with van der Waals surface area (Å²) in [7, 11) is 0. The Morgan fingerprint density at radius 1 is 1.38 bits per heavy atom. The van der Waals surface area contributed by atoms with E-state index in [4.69, 9.17) is 4.74 Å². The van der Waals surface area contributed by atoms with Crippen LogP contribution in [0.25, 0.3) is 0 Å². The summed E-state index contributed by atoms with van der Waals surface area (Å²) in [5, 5.41) is 8.67. The third-order valence-corrected chi connectivity index (χ3v) is 2.31. The standard InChI is InChI=1S/C12H12F2N4O3/c1-2-20-12-16-11(17-18-12)15-9(19)7-3-5-8(6-4-7)21-10(13)14/h3-6,10H,2H2,1H3,(H2,15,16,17,18,19). The Bertz CT molecular complexity index is 601. The Morgan fingerprint density at radius 2 is 2.10 bits per heavy atom. The van der Waals surface area contributed by atoms with Gasteiger partial charge in [0.15, 0.2) is 0 Å². The molecule has 0 bridgehead atoms. The molecule has 0 spiro atoms. The maximum atomic E-state index is 12.0. The third-order valence-electron chi connectivity index (χ3n) is 2.31. The first-order valence-electron chi connectivity index (χ1n) is 6.00. The van der Waals surface area contributed by atoms with Gasteiger partial charge in [-0.1, -0.05) is 0 Å². The van der Waals surface area contributed by atoms with Crippen molar-refractivity contribution in [3.05, 3.63) is 29.8 Å². The van der Waals surface area contributed by atoms with E-state index in [1.807, 2.05) is 0 Å². The summed E-state index contributed by atoms with van der Waals surface area (Å²) in [6, 6.07) is 5.37. The summed E-state index contributed by atoms with van der Waals surface area (Å²) in [5.41, 5.74) is 0.256. The molecule has 1 heterocycles. The molecule has 2 rings (SSSR count). The number of halogens is 2. The molecule has 0 radical (unpaired) electrons. The number of nitrogens with zero attached hydrogens (tertiary/aromatic N) is 2. The van der Waals surface area contributed by atoms with Crippen molar-refractivity contribution in [3.63, 3.8) is 0 Å². The molecule has 7 nitrogen and oxygen atoms in total.